The van der Waals surface area contributed by atoms with Crippen LogP contribution < -0.4 is 0 Å². The molecule has 0 aliphatic heterocycles. The summed E-state index contributed by atoms with van der Waals surface area (Å²) in [5.41, 5.74) is 0.882. The van der Waals surface area contributed by atoms with Crippen molar-refractivity contribution in [2.75, 3.05) is 27.2 Å². The number of nitrogens with zero attached hydrogens (tertiary/aromatic N) is 2. The average Bonchev–Trinajstić information content (AvgIpc) is 2.40. The zero-order valence-electron chi connectivity index (χ0n) is 17.5. The van der Waals surface area contributed by atoms with Crippen molar-refractivity contribution in [3.63, 3.8) is 0 Å². The Kier molecular flexibility index (Phi) is 12.5. The molecule has 1 aliphatic rings. The van der Waals surface area contributed by atoms with Crippen molar-refractivity contribution < 1.29 is 0 Å². The SMILES string of the molecule is CN(CCC(C)(C)C)C1CCCCC1N(C)CCC(C)(C)C.Cl.Cl. The third kappa shape index (κ3) is 10.5. The fourth-order valence-corrected chi connectivity index (χ4v) is 3.48. The van der Waals surface area contributed by atoms with Crippen LogP contribution in [0.2, 0.25) is 0 Å². The second kappa shape index (κ2) is 11.3. The quantitative estimate of drug-likeness (QED) is 0.565. The normalized spacial score (nSPS) is 22.2. The van der Waals surface area contributed by atoms with Gasteiger partial charge in [-0.25, -0.2) is 0 Å². The molecule has 24 heavy (non-hydrogen) atoms. The van der Waals surface area contributed by atoms with Gasteiger partial charge < -0.3 is 9.80 Å². The van der Waals surface area contributed by atoms with Crippen LogP contribution in [-0.2, 0) is 0 Å². The smallest absolute Gasteiger partial charge is 0.0248 e. The van der Waals surface area contributed by atoms with Gasteiger partial charge in [0, 0.05) is 12.1 Å². The maximum atomic E-state index is 2.66. The summed E-state index contributed by atoms with van der Waals surface area (Å²) in [6.45, 7) is 16.6. The van der Waals surface area contributed by atoms with E-state index in [1.54, 1.807) is 0 Å². The van der Waals surface area contributed by atoms with Crippen molar-refractivity contribution >= 4 is 24.8 Å². The lowest BCUT2D eigenvalue weighted by molar-refractivity contribution is 0.0655. The van der Waals surface area contributed by atoms with Crippen LogP contribution in [0.3, 0.4) is 0 Å². The van der Waals surface area contributed by atoms with Crippen molar-refractivity contribution in [3.8, 4) is 0 Å². The first-order valence-electron chi connectivity index (χ1n) is 9.40. The monoisotopic (exact) mass is 382 g/mol. The van der Waals surface area contributed by atoms with E-state index >= 15 is 0 Å². The Balaban J connectivity index is 0. The first-order valence-corrected chi connectivity index (χ1v) is 9.40. The topological polar surface area (TPSA) is 6.48 Å². The molecule has 2 nitrogen and oxygen atoms in total. The lowest BCUT2D eigenvalue weighted by Crippen LogP contribution is -2.52. The maximum absolute atomic E-state index is 2.66. The van der Waals surface area contributed by atoms with E-state index in [0.29, 0.717) is 10.8 Å². The van der Waals surface area contributed by atoms with Gasteiger partial charge in [0.2, 0.25) is 0 Å². The zero-order chi connectivity index (χ0) is 17.0. The van der Waals surface area contributed by atoms with Crippen molar-refractivity contribution in [2.45, 2.75) is 92.2 Å². The Morgan fingerprint density at radius 2 is 0.958 bits per heavy atom. The summed E-state index contributed by atoms with van der Waals surface area (Å²) in [5, 5.41) is 0. The number of likely N-dealkylation sites (N-methyl/N-ethyl adjacent to an activating group) is 2. The Morgan fingerprint density at radius 1 is 0.667 bits per heavy atom. The fraction of sp³-hybridized carbons (Fsp3) is 1.00. The van der Waals surface area contributed by atoms with Gasteiger partial charge in [0.1, 0.15) is 0 Å². The minimum absolute atomic E-state index is 0. The highest BCUT2D eigenvalue weighted by molar-refractivity contribution is 5.85. The van der Waals surface area contributed by atoms with Crippen molar-refractivity contribution in [1.82, 2.24) is 9.80 Å². The molecule has 0 heterocycles. The number of hydrogen-bond acceptors (Lipinski definition) is 2. The summed E-state index contributed by atoms with van der Waals surface area (Å²) in [5.74, 6) is 0. The molecule has 2 atom stereocenters. The molecule has 0 bridgehead atoms. The summed E-state index contributed by atoms with van der Waals surface area (Å²) in [4.78, 5) is 5.31. The van der Waals surface area contributed by atoms with Gasteiger partial charge in [-0.3, -0.25) is 0 Å². The predicted molar refractivity (Wildman–Crippen MR) is 114 cm³/mol. The minimum atomic E-state index is 0. The molecule has 0 aromatic carbocycles. The molecule has 0 aromatic rings. The second-order valence-electron chi connectivity index (χ2n) is 10.0. The summed E-state index contributed by atoms with van der Waals surface area (Å²) < 4.78 is 0. The lowest BCUT2D eigenvalue weighted by Gasteiger charge is -2.43. The molecule has 0 spiro atoms. The molecule has 1 fully saturated rings. The van der Waals surface area contributed by atoms with E-state index in [0.717, 1.165) is 12.1 Å². The van der Waals surface area contributed by atoms with E-state index in [1.165, 1.54) is 51.6 Å². The van der Waals surface area contributed by atoms with E-state index in [9.17, 15) is 0 Å². The van der Waals surface area contributed by atoms with Crippen LogP contribution in [-0.4, -0.2) is 49.1 Å². The molecular formula is C20H44Cl2N2. The van der Waals surface area contributed by atoms with Gasteiger partial charge in [0.05, 0.1) is 0 Å². The van der Waals surface area contributed by atoms with Crippen LogP contribution in [0.4, 0.5) is 0 Å². The van der Waals surface area contributed by atoms with E-state index in [-0.39, 0.29) is 24.8 Å². The van der Waals surface area contributed by atoms with Crippen molar-refractivity contribution in [1.29, 1.82) is 0 Å². The molecule has 1 aliphatic carbocycles. The summed E-state index contributed by atoms with van der Waals surface area (Å²) in [6.07, 6.45) is 8.16. The summed E-state index contributed by atoms with van der Waals surface area (Å²) >= 11 is 0. The second-order valence-corrected chi connectivity index (χ2v) is 10.0. The molecular weight excluding hydrogens is 339 g/mol. The first-order chi connectivity index (χ1) is 9.99. The lowest BCUT2D eigenvalue weighted by atomic mass is 9.86. The van der Waals surface area contributed by atoms with Gasteiger partial charge in [0.15, 0.2) is 0 Å². The number of hydrogen-bond donors (Lipinski definition) is 0. The highest BCUT2D eigenvalue weighted by Crippen LogP contribution is 2.29. The third-order valence-electron chi connectivity index (χ3n) is 5.26. The molecule has 148 valence electrons. The van der Waals surface area contributed by atoms with Crippen LogP contribution in [0.15, 0.2) is 0 Å². The van der Waals surface area contributed by atoms with Gasteiger partial charge >= 0.3 is 0 Å². The van der Waals surface area contributed by atoms with Crippen LogP contribution in [0.5, 0.6) is 0 Å². The van der Waals surface area contributed by atoms with E-state index < -0.39 is 0 Å². The molecule has 1 saturated carbocycles. The average molecular weight is 383 g/mol. The van der Waals surface area contributed by atoms with Crippen molar-refractivity contribution in [3.05, 3.63) is 0 Å². The van der Waals surface area contributed by atoms with Gasteiger partial charge in [-0.1, -0.05) is 54.4 Å². The highest BCUT2D eigenvalue weighted by atomic mass is 35.5. The molecule has 1 rings (SSSR count). The maximum Gasteiger partial charge on any atom is 0.0248 e. The number of halogens is 2. The Bertz CT molecular complexity index is 289. The standard InChI is InChI=1S/C20H42N2.2ClH/c1-19(2,3)13-15-21(7)17-11-9-10-12-18(17)22(8)16-14-20(4,5)6;;/h17-18H,9-16H2,1-8H3;2*1H. The van der Waals surface area contributed by atoms with Crippen molar-refractivity contribution in [2.24, 2.45) is 10.8 Å². The molecule has 0 N–H and O–H groups in total. The predicted octanol–water partition coefficient (Wildman–Crippen LogP) is 5.88. The van der Waals surface area contributed by atoms with E-state index in [1.807, 2.05) is 0 Å². The minimum Gasteiger partial charge on any atom is -0.302 e. The molecule has 0 radical (unpaired) electrons. The Labute approximate surface area is 164 Å². The van der Waals surface area contributed by atoms with E-state index in [2.05, 4.69) is 65.4 Å². The van der Waals surface area contributed by atoms with Crippen LogP contribution in [0.1, 0.15) is 80.1 Å². The first kappa shape index (κ1) is 26.7. The zero-order valence-corrected chi connectivity index (χ0v) is 19.2. The third-order valence-corrected chi connectivity index (χ3v) is 5.26. The van der Waals surface area contributed by atoms with Gasteiger partial charge in [0.25, 0.3) is 0 Å². The van der Waals surface area contributed by atoms with Crippen LogP contribution >= 0.6 is 24.8 Å². The fourth-order valence-electron chi connectivity index (χ4n) is 3.48. The summed E-state index contributed by atoms with van der Waals surface area (Å²) in [7, 11) is 4.71. The molecule has 2 unspecified atom stereocenters. The van der Waals surface area contributed by atoms with Crippen LogP contribution in [0, 0.1) is 10.8 Å². The van der Waals surface area contributed by atoms with Gasteiger partial charge in [-0.05, 0) is 63.7 Å². The number of rotatable bonds is 6. The Morgan fingerprint density at radius 3 is 1.21 bits per heavy atom. The Hall–Kier alpha value is 0.500. The van der Waals surface area contributed by atoms with Crippen LogP contribution in [0.25, 0.3) is 0 Å². The summed E-state index contributed by atoms with van der Waals surface area (Å²) in [6, 6.07) is 1.50. The molecule has 0 saturated heterocycles. The van der Waals surface area contributed by atoms with Gasteiger partial charge in [-0.2, -0.15) is 0 Å². The van der Waals surface area contributed by atoms with Gasteiger partial charge in [-0.15, -0.1) is 24.8 Å². The highest BCUT2D eigenvalue weighted by Gasteiger charge is 2.31. The van der Waals surface area contributed by atoms with E-state index in [4.69, 9.17) is 0 Å². The molecule has 0 amide bonds. The molecule has 0 aromatic heterocycles. The largest absolute Gasteiger partial charge is 0.302 e. The molecule has 4 heteroatoms.